The molecule has 150 valence electrons. The molecule has 1 amide bonds. The van der Waals surface area contributed by atoms with Crippen LogP contribution in [0.5, 0.6) is 0 Å². The summed E-state index contributed by atoms with van der Waals surface area (Å²) in [6.07, 6.45) is 1.64. The van der Waals surface area contributed by atoms with Crippen LogP contribution in [0.15, 0.2) is 42.6 Å². The molecule has 9 heteroatoms. The summed E-state index contributed by atoms with van der Waals surface area (Å²) in [6, 6.07) is 9.58. The molecule has 1 aliphatic heterocycles. The fraction of sp³-hybridized carbons (Fsp3) is 0.300. The van der Waals surface area contributed by atoms with Crippen LogP contribution >= 0.6 is 0 Å². The Kier molecular flexibility index (Phi) is 5.22. The number of hydrogen-bond acceptors (Lipinski definition) is 6. The molecule has 1 saturated heterocycles. The van der Waals surface area contributed by atoms with E-state index >= 15 is 0 Å². The van der Waals surface area contributed by atoms with Crippen LogP contribution in [0.4, 0.5) is 15.9 Å². The average molecular weight is 395 g/mol. The van der Waals surface area contributed by atoms with Gasteiger partial charge in [0, 0.05) is 26.2 Å². The van der Waals surface area contributed by atoms with Gasteiger partial charge in [-0.05, 0) is 50.4 Å². The van der Waals surface area contributed by atoms with Crippen LogP contribution in [0.1, 0.15) is 16.2 Å². The summed E-state index contributed by atoms with van der Waals surface area (Å²) in [7, 11) is 2.11. The summed E-state index contributed by atoms with van der Waals surface area (Å²) in [5.74, 6) is 0.191. The zero-order valence-electron chi connectivity index (χ0n) is 16.3. The molecule has 0 aliphatic carbocycles. The minimum Gasteiger partial charge on any atom is -0.354 e. The molecule has 3 heterocycles. The number of likely N-dealkylation sites (N-methyl/N-ethyl adjacent to an activating group) is 1. The SMILES string of the molecule is Cc1c(C(=O)Nc2ccc(N3CCN(C)CC3)nc2)nnn1-c1ccc(F)cc1. The smallest absolute Gasteiger partial charge is 0.278 e. The van der Waals surface area contributed by atoms with Gasteiger partial charge in [0.15, 0.2) is 5.69 Å². The number of hydrogen-bond donors (Lipinski definition) is 1. The quantitative estimate of drug-likeness (QED) is 0.729. The Morgan fingerprint density at radius 3 is 2.45 bits per heavy atom. The molecule has 1 fully saturated rings. The predicted octanol–water partition coefficient (Wildman–Crippen LogP) is 2.11. The summed E-state index contributed by atoms with van der Waals surface area (Å²) in [5.41, 5.74) is 1.99. The van der Waals surface area contributed by atoms with Crippen molar-refractivity contribution in [3.05, 3.63) is 59.8 Å². The molecule has 29 heavy (non-hydrogen) atoms. The fourth-order valence-corrected chi connectivity index (χ4v) is 3.24. The minimum atomic E-state index is -0.370. The Bertz CT molecular complexity index is 993. The maximum Gasteiger partial charge on any atom is 0.278 e. The van der Waals surface area contributed by atoms with Gasteiger partial charge in [-0.1, -0.05) is 5.21 Å². The highest BCUT2D eigenvalue weighted by Gasteiger charge is 2.19. The number of amides is 1. The van der Waals surface area contributed by atoms with Crippen LogP contribution in [0, 0.1) is 12.7 Å². The fourth-order valence-electron chi connectivity index (χ4n) is 3.24. The highest BCUT2D eigenvalue weighted by molar-refractivity contribution is 6.03. The Morgan fingerprint density at radius 2 is 1.79 bits per heavy atom. The number of pyridine rings is 1. The lowest BCUT2D eigenvalue weighted by Gasteiger charge is -2.33. The standard InChI is InChI=1S/C20H22FN7O/c1-14-19(24-25-28(14)17-6-3-15(21)4-7-17)20(29)23-16-5-8-18(22-13-16)27-11-9-26(2)10-12-27/h3-8,13H,9-12H2,1-2H3,(H,23,29). The number of carbonyl (C=O) groups is 1. The topological polar surface area (TPSA) is 79.2 Å². The van der Waals surface area contributed by atoms with Crippen LogP contribution in [-0.2, 0) is 0 Å². The van der Waals surface area contributed by atoms with Crippen molar-refractivity contribution in [3.8, 4) is 5.69 Å². The molecule has 2 aromatic heterocycles. The van der Waals surface area contributed by atoms with Crippen molar-refractivity contribution in [2.75, 3.05) is 43.4 Å². The minimum absolute atomic E-state index is 0.206. The van der Waals surface area contributed by atoms with Crippen LogP contribution < -0.4 is 10.2 Å². The zero-order chi connectivity index (χ0) is 20.4. The molecule has 0 saturated carbocycles. The molecule has 0 unspecified atom stereocenters. The van der Waals surface area contributed by atoms with Gasteiger partial charge in [-0.3, -0.25) is 4.79 Å². The van der Waals surface area contributed by atoms with Gasteiger partial charge in [0.1, 0.15) is 11.6 Å². The number of anilines is 2. The lowest BCUT2D eigenvalue weighted by Crippen LogP contribution is -2.44. The molecular weight excluding hydrogens is 373 g/mol. The van der Waals surface area contributed by atoms with E-state index in [2.05, 4.69) is 37.5 Å². The normalized spacial score (nSPS) is 14.8. The molecule has 1 aromatic carbocycles. The van der Waals surface area contributed by atoms with Gasteiger partial charge < -0.3 is 15.1 Å². The number of aromatic nitrogens is 4. The first-order valence-corrected chi connectivity index (χ1v) is 9.40. The van der Waals surface area contributed by atoms with Crippen LogP contribution in [-0.4, -0.2) is 64.0 Å². The third-order valence-corrected chi connectivity index (χ3v) is 5.01. The van der Waals surface area contributed by atoms with Gasteiger partial charge in [-0.25, -0.2) is 14.1 Å². The van der Waals surface area contributed by atoms with Crippen LogP contribution in [0.2, 0.25) is 0 Å². The van der Waals surface area contributed by atoms with Gasteiger partial charge in [0.2, 0.25) is 0 Å². The second-order valence-electron chi connectivity index (χ2n) is 7.06. The number of carbonyl (C=O) groups excluding carboxylic acids is 1. The van der Waals surface area contributed by atoms with Crippen molar-refractivity contribution >= 4 is 17.4 Å². The van der Waals surface area contributed by atoms with Crippen LogP contribution in [0.3, 0.4) is 0 Å². The third kappa shape index (κ3) is 4.09. The molecular formula is C20H22FN7O. The Hall–Kier alpha value is -3.33. The number of benzene rings is 1. The number of nitrogens with one attached hydrogen (secondary N) is 1. The van der Waals surface area contributed by atoms with Gasteiger partial charge in [-0.2, -0.15) is 0 Å². The van der Waals surface area contributed by atoms with Crippen molar-refractivity contribution in [1.82, 2.24) is 24.9 Å². The first-order valence-electron chi connectivity index (χ1n) is 9.40. The largest absolute Gasteiger partial charge is 0.354 e. The van der Waals surface area contributed by atoms with Crippen LogP contribution in [0.25, 0.3) is 5.69 Å². The Balaban J connectivity index is 1.45. The van der Waals surface area contributed by atoms with E-state index in [4.69, 9.17) is 0 Å². The van der Waals surface area contributed by atoms with Crippen molar-refractivity contribution in [2.24, 2.45) is 0 Å². The van der Waals surface area contributed by atoms with Gasteiger partial charge in [0.25, 0.3) is 5.91 Å². The van der Waals surface area contributed by atoms with E-state index in [1.165, 1.54) is 16.8 Å². The monoisotopic (exact) mass is 395 g/mol. The van der Waals surface area contributed by atoms with Crippen molar-refractivity contribution < 1.29 is 9.18 Å². The molecule has 0 spiro atoms. The molecule has 3 aromatic rings. The van der Waals surface area contributed by atoms with Crippen molar-refractivity contribution in [1.29, 1.82) is 0 Å². The second-order valence-corrected chi connectivity index (χ2v) is 7.06. The molecule has 8 nitrogen and oxygen atoms in total. The summed E-state index contributed by atoms with van der Waals surface area (Å²) >= 11 is 0. The summed E-state index contributed by atoms with van der Waals surface area (Å²) in [4.78, 5) is 21.6. The molecule has 1 N–H and O–H groups in total. The van der Waals surface area contributed by atoms with Crippen molar-refractivity contribution in [2.45, 2.75) is 6.92 Å². The summed E-state index contributed by atoms with van der Waals surface area (Å²) < 4.78 is 14.6. The molecule has 0 atom stereocenters. The number of nitrogens with zero attached hydrogens (tertiary/aromatic N) is 6. The van der Waals surface area contributed by atoms with E-state index in [1.54, 1.807) is 25.3 Å². The van der Waals surface area contributed by atoms with E-state index in [9.17, 15) is 9.18 Å². The van der Waals surface area contributed by atoms with Gasteiger partial charge in [0.05, 0.1) is 23.3 Å². The Morgan fingerprint density at radius 1 is 1.07 bits per heavy atom. The number of piperazine rings is 1. The lowest BCUT2D eigenvalue weighted by molar-refractivity contribution is 0.102. The lowest BCUT2D eigenvalue weighted by atomic mass is 10.2. The highest BCUT2D eigenvalue weighted by Crippen LogP contribution is 2.18. The zero-order valence-corrected chi connectivity index (χ0v) is 16.3. The summed E-state index contributed by atoms with van der Waals surface area (Å²) in [6.45, 7) is 5.61. The van der Waals surface area contributed by atoms with Crippen molar-refractivity contribution in [3.63, 3.8) is 0 Å². The van der Waals surface area contributed by atoms with E-state index in [0.29, 0.717) is 17.1 Å². The summed E-state index contributed by atoms with van der Waals surface area (Å²) in [5, 5.41) is 10.8. The highest BCUT2D eigenvalue weighted by atomic mass is 19.1. The van der Waals surface area contributed by atoms with Gasteiger partial charge >= 0.3 is 0 Å². The third-order valence-electron chi connectivity index (χ3n) is 5.01. The maximum absolute atomic E-state index is 13.1. The maximum atomic E-state index is 13.1. The van der Waals surface area contributed by atoms with E-state index < -0.39 is 0 Å². The average Bonchev–Trinajstić information content (AvgIpc) is 3.11. The van der Waals surface area contributed by atoms with Gasteiger partial charge in [-0.15, -0.1) is 5.10 Å². The number of rotatable bonds is 4. The first-order chi connectivity index (χ1) is 14.0. The van der Waals surface area contributed by atoms with E-state index in [-0.39, 0.29) is 17.4 Å². The number of halogens is 1. The predicted molar refractivity (Wildman–Crippen MR) is 108 cm³/mol. The Labute approximate surface area is 168 Å². The van der Waals surface area contributed by atoms with E-state index in [1.807, 2.05) is 12.1 Å². The van der Waals surface area contributed by atoms with E-state index in [0.717, 1.165) is 32.0 Å². The molecule has 4 rings (SSSR count). The molecule has 0 bridgehead atoms. The first kappa shape index (κ1) is 19.0. The molecule has 0 radical (unpaired) electrons. The molecule has 1 aliphatic rings. The second kappa shape index (κ2) is 7.96.